The summed E-state index contributed by atoms with van der Waals surface area (Å²) in [5, 5.41) is 2.82. The standard InChI is InChI=1S/C19H21N3O2/c23-18(15-9-11-20-12-10-15)21-17-7-5-16(6-8-17)19(24)22-13-3-1-2-4-14-22/h5-12H,1-4,13-14H2,(H,21,23). The van der Waals surface area contributed by atoms with E-state index in [-0.39, 0.29) is 11.8 Å². The van der Waals surface area contributed by atoms with Crippen LogP contribution in [-0.4, -0.2) is 34.8 Å². The van der Waals surface area contributed by atoms with E-state index in [1.165, 1.54) is 12.8 Å². The highest BCUT2D eigenvalue weighted by atomic mass is 16.2. The number of carbonyl (C=O) groups is 2. The molecule has 1 aliphatic rings. The molecule has 5 heteroatoms. The highest BCUT2D eigenvalue weighted by molar-refractivity contribution is 6.04. The Kier molecular flexibility index (Phi) is 5.21. The van der Waals surface area contributed by atoms with Crippen molar-refractivity contribution in [1.82, 2.24) is 9.88 Å². The van der Waals surface area contributed by atoms with Gasteiger partial charge in [0.1, 0.15) is 0 Å². The third kappa shape index (κ3) is 3.98. The van der Waals surface area contributed by atoms with Crippen LogP contribution in [-0.2, 0) is 0 Å². The first kappa shape index (κ1) is 16.2. The van der Waals surface area contributed by atoms with Crippen LogP contribution >= 0.6 is 0 Å². The van der Waals surface area contributed by atoms with Crippen molar-refractivity contribution in [3.63, 3.8) is 0 Å². The molecule has 2 aromatic rings. The van der Waals surface area contributed by atoms with Crippen LogP contribution in [0.5, 0.6) is 0 Å². The van der Waals surface area contributed by atoms with E-state index in [1.807, 2.05) is 4.90 Å². The predicted octanol–water partition coefficient (Wildman–Crippen LogP) is 3.35. The molecule has 1 aliphatic heterocycles. The van der Waals surface area contributed by atoms with Gasteiger partial charge in [-0.25, -0.2) is 0 Å². The second-order valence-electron chi connectivity index (χ2n) is 5.97. The fourth-order valence-corrected chi connectivity index (χ4v) is 2.86. The molecule has 5 nitrogen and oxygen atoms in total. The monoisotopic (exact) mass is 323 g/mol. The number of rotatable bonds is 3. The lowest BCUT2D eigenvalue weighted by Gasteiger charge is -2.20. The van der Waals surface area contributed by atoms with Gasteiger partial charge >= 0.3 is 0 Å². The number of aromatic nitrogens is 1. The molecule has 0 bridgehead atoms. The normalized spacial score (nSPS) is 14.8. The molecule has 3 rings (SSSR count). The SMILES string of the molecule is O=C(Nc1ccc(C(=O)N2CCCCCC2)cc1)c1ccncc1. The molecule has 1 aromatic carbocycles. The number of nitrogens with zero attached hydrogens (tertiary/aromatic N) is 2. The summed E-state index contributed by atoms with van der Waals surface area (Å²) in [4.78, 5) is 30.5. The molecule has 0 spiro atoms. The number of pyridine rings is 1. The van der Waals surface area contributed by atoms with Crippen molar-refractivity contribution in [3.05, 3.63) is 59.9 Å². The molecule has 0 atom stereocenters. The highest BCUT2D eigenvalue weighted by Gasteiger charge is 2.17. The zero-order chi connectivity index (χ0) is 16.8. The zero-order valence-corrected chi connectivity index (χ0v) is 13.6. The maximum absolute atomic E-state index is 12.5. The van der Waals surface area contributed by atoms with Crippen LogP contribution in [0.25, 0.3) is 0 Å². The van der Waals surface area contributed by atoms with Gasteiger partial charge in [-0.15, -0.1) is 0 Å². The van der Waals surface area contributed by atoms with Crippen molar-refractivity contribution in [1.29, 1.82) is 0 Å². The van der Waals surface area contributed by atoms with Crippen LogP contribution in [0.4, 0.5) is 5.69 Å². The summed E-state index contributed by atoms with van der Waals surface area (Å²) < 4.78 is 0. The molecule has 0 aliphatic carbocycles. The van der Waals surface area contributed by atoms with Crippen LogP contribution < -0.4 is 5.32 Å². The fourth-order valence-electron chi connectivity index (χ4n) is 2.86. The molecule has 2 amide bonds. The highest BCUT2D eigenvalue weighted by Crippen LogP contribution is 2.16. The van der Waals surface area contributed by atoms with Crippen molar-refractivity contribution in [2.45, 2.75) is 25.7 Å². The van der Waals surface area contributed by atoms with Crippen LogP contribution in [0.1, 0.15) is 46.4 Å². The van der Waals surface area contributed by atoms with E-state index in [4.69, 9.17) is 0 Å². The molecule has 1 N–H and O–H groups in total. The van der Waals surface area contributed by atoms with Gasteiger partial charge in [0.05, 0.1) is 0 Å². The lowest BCUT2D eigenvalue weighted by Crippen LogP contribution is -2.31. The summed E-state index contributed by atoms with van der Waals surface area (Å²) in [7, 11) is 0. The lowest BCUT2D eigenvalue weighted by atomic mass is 10.1. The van der Waals surface area contributed by atoms with Crippen LogP contribution in [0.15, 0.2) is 48.8 Å². The quantitative estimate of drug-likeness (QED) is 0.942. The van der Waals surface area contributed by atoms with Crippen LogP contribution in [0.2, 0.25) is 0 Å². The van der Waals surface area contributed by atoms with Gasteiger partial charge in [0.2, 0.25) is 0 Å². The number of hydrogen-bond donors (Lipinski definition) is 1. The Morgan fingerprint density at radius 2 is 1.46 bits per heavy atom. The van der Waals surface area contributed by atoms with Gasteiger partial charge in [-0.2, -0.15) is 0 Å². The third-order valence-corrected chi connectivity index (χ3v) is 4.23. The van der Waals surface area contributed by atoms with E-state index in [1.54, 1.807) is 48.8 Å². The number of anilines is 1. The summed E-state index contributed by atoms with van der Waals surface area (Å²) >= 11 is 0. The maximum Gasteiger partial charge on any atom is 0.255 e. The van der Waals surface area contributed by atoms with E-state index in [9.17, 15) is 9.59 Å². The molecular weight excluding hydrogens is 302 g/mol. The Morgan fingerprint density at radius 3 is 2.08 bits per heavy atom. The number of amides is 2. The summed E-state index contributed by atoms with van der Waals surface area (Å²) in [6.45, 7) is 1.67. The topological polar surface area (TPSA) is 62.3 Å². The van der Waals surface area contributed by atoms with Gasteiger partial charge < -0.3 is 10.2 Å². The lowest BCUT2D eigenvalue weighted by molar-refractivity contribution is 0.0761. The second-order valence-corrected chi connectivity index (χ2v) is 5.97. The Balaban J connectivity index is 1.64. The first-order chi connectivity index (χ1) is 11.7. The number of carbonyl (C=O) groups excluding carboxylic acids is 2. The van der Waals surface area contributed by atoms with E-state index in [0.29, 0.717) is 16.8 Å². The summed E-state index contributed by atoms with van der Waals surface area (Å²) in [5.74, 6) is -0.118. The maximum atomic E-state index is 12.5. The van der Waals surface area contributed by atoms with Gasteiger partial charge in [-0.1, -0.05) is 12.8 Å². The van der Waals surface area contributed by atoms with E-state index < -0.39 is 0 Å². The summed E-state index contributed by atoms with van der Waals surface area (Å²) in [5.41, 5.74) is 1.89. The van der Waals surface area contributed by atoms with Crippen LogP contribution in [0.3, 0.4) is 0 Å². The second kappa shape index (κ2) is 7.73. The smallest absolute Gasteiger partial charge is 0.255 e. The number of likely N-dealkylation sites (tertiary alicyclic amines) is 1. The molecule has 24 heavy (non-hydrogen) atoms. The molecule has 1 fully saturated rings. The number of nitrogens with one attached hydrogen (secondary N) is 1. The van der Waals surface area contributed by atoms with Gasteiger partial charge in [0, 0.05) is 42.3 Å². The first-order valence-corrected chi connectivity index (χ1v) is 8.35. The Labute approximate surface area is 141 Å². The van der Waals surface area contributed by atoms with Crippen molar-refractivity contribution < 1.29 is 9.59 Å². The summed E-state index contributed by atoms with van der Waals surface area (Å²) in [6, 6.07) is 10.4. The molecular formula is C19H21N3O2. The Bertz CT molecular complexity index is 690. The van der Waals surface area contributed by atoms with Gasteiger partial charge in [-0.3, -0.25) is 14.6 Å². The first-order valence-electron chi connectivity index (χ1n) is 8.35. The minimum atomic E-state index is -0.191. The zero-order valence-electron chi connectivity index (χ0n) is 13.6. The van der Waals surface area contributed by atoms with E-state index in [0.717, 1.165) is 25.9 Å². The van der Waals surface area contributed by atoms with E-state index in [2.05, 4.69) is 10.3 Å². The largest absolute Gasteiger partial charge is 0.339 e. The average Bonchev–Trinajstić information content (AvgIpc) is 2.92. The van der Waals surface area contributed by atoms with Crippen molar-refractivity contribution >= 4 is 17.5 Å². The van der Waals surface area contributed by atoms with Crippen molar-refractivity contribution in [3.8, 4) is 0 Å². The summed E-state index contributed by atoms with van der Waals surface area (Å²) in [6.07, 6.45) is 7.71. The molecule has 0 radical (unpaired) electrons. The number of benzene rings is 1. The minimum absolute atomic E-state index is 0.0731. The van der Waals surface area contributed by atoms with E-state index >= 15 is 0 Å². The fraction of sp³-hybridized carbons (Fsp3) is 0.316. The molecule has 2 heterocycles. The van der Waals surface area contributed by atoms with Crippen molar-refractivity contribution in [2.75, 3.05) is 18.4 Å². The third-order valence-electron chi connectivity index (χ3n) is 4.23. The van der Waals surface area contributed by atoms with Crippen molar-refractivity contribution in [2.24, 2.45) is 0 Å². The molecule has 1 saturated heterocycles. The minimum Gasteiger partial charge on any atom is -0.339 e. The molecule has 124 valence electrons. The molecule has 0 saturated carbocycles. The molecule has 1 aromatic heterocycles. The van der Waals surface area contributed by atoms with Gasteiger partial charge in [0.25, 0.3) is 11.8 Å². The van der Waals surface area contributed by atoms with Gasteiger partial charge in [0.15, 0.2) is 0 Å². The number of hydrogen-bond acceptors (Lipinski definition) is 3. The average molecular weight is 323 g/mol. The molecule has 0 unspecified atom stereocenters. The predicted molar refractivity (Wildman–Crippen MR) is 93.0 cm³/mol. The Morgan fingerprint density at radius 1 is 0.833 bits per heavy atom. The Hall–Kier alpha value is -2.69. The van der Waals surface area contributed by atoms with Crippen LogP contribution in [0, 0.1) is 0 Å². The van der Waals surface area contributed by atoms with Gasteiger partial charge in [-0.05, 0) is 49.2 Å².